The second kappa shape index (κ2) is 35.4. The van der Waals surface area contributed by atoms with Crippen molar-refractivity contribution in [2.24, 2.45) is 16.5 Å². The Bertz CT molecular complexity index is 2100. The van der Waals surface area contributed by atoms with Crippen molar-refractivity contribution in [2.75, 3.05) is 72.0 Å². The summed E-state index contributed by atoms with van der Waals surface area (Å²) in [7, 11) is 0. The molecule has 1 aromatic carbocycles. The third-order valence-corrected chi connectivity index (χ3v) is 11.0. The van der Waals surface area contributed by atoms with E-state index in [9.17, 15) is 88.2 Å². The number of guanidine groups is 1. The average molecular weight is 1230 g/mol. The van der Waals surface area contributed by atoms with Crippen molar-refractivity contribution < 1.29 is 125 Å². The number of rotatable bonds is 32. The number of aliphatic carboxylic acids is 6. The molecule has 16 N–H and O–H groups in total. The third kappa shape index (κ3) is 28.5. The number of nitrogens with one attached hydrogen (secondary N) is 6. The minimum absolute atomic E-state index is 0. The first-order valence-corrected chi connectivity index (χ1v) is 23.3. The first kappa shape index (κ1) is 66.3. The fourth-order valence-electron chi connectivity index (χ4n) is 7.51. The molecule has 31 heteroatoms. The number of hydrogen-bond donors (Lipinski definition) is 14. The normalized spacial score (nSPS) is 17.8. The van der Waals surface area contributed by atoms with Crippen LogP contribution in [0.15, 0.2) is 35.3 Å². The van der Waals surface area contributed by atoms with Gasteiger partial charge in [0.25, 0.3) is 0 Å². The standard InChI is InChI=1S/C44H66N12O18.Lu/c45-44(46)48-14-6-10-27-39(69)49-21-33(58)50-30(20-34(59)60)42(72)53-29(19-26-7-2-1-3-8-26)41(71)52-28(40(70)51-27)9-4-5-13-47-32(57)12-11-31(43(73)74)56(17-15-54(22-35(61)62)23-36(63)64)18-16-55(24-37(65)66)25-38(67)68;/h1-3,7-8,27-31H,4-6,9-25H2,(H,47,57)(H,49,69)(H,50,58)(H,51,70)(H,52,71)(H,53,72)(H,59,60)(H,61,62)(H,63,64)(H,65,66)(H,67,68)(H,73,74)(H4,45,46,48);/t27-,28-,29+,30-,31?;/m0./s1/i;1+2. The number of hydrogen-bond acceptors (Lipinski definition) is 16. The predicted molar refractivity (Wildman–Crippen MR) is 256 cm³/mol. The summed E-state index contributed by atoms with van der Waals surface area (Å²) >= 11 is 0. The zero-order valence-electron chi connectivity index (χ0n) is 40.7. The first-order chi connectivity index (χ1) is 34.9. The Balaban J connectivity index is 0.0000281. The van der Waals surface area contributed by atoms with Crippen LogP contribution in [0, 0.1) is 36.9 Å². The third-order valence-electron chi connectivity index (χ3n) is 11.0. The van der Waals surface area contributed by atoms with Gasteiger partial charge in [-0.15, -0.1) is 0 Å². The molecule has 75 heavy (non-hydrogen) atoms. The molecule has 1 radical (unpaired) electrons. The molecule has 1 aliphatic rings. The second-order valence-corrected chi connectivity index (χ2v) is 17.0. The van der Waals surface area contributed by atoms with Gasteiger partial charge in [-0.25, -0.2) is 0 Å². The van der Waals surface area contributed by atoms with Crippen LogP contribution in [0.3, 0.4) is 0 Å². The minimum Gasteiger partial charge on any atom is -0.481 e. The fourth-order valence-corrected chi connectivity index (χ4v) is 7.51. The van der Waals surface area contributed by atoms with Gasteiger partial charge in [0.05, 0.1) is 39.1 Å². The summed E-state index contributed by atoms with van der Waals surface area (Å²) in [6, 6.07) is 1.01. The SMILES string of the molecule is NC(N)=NCCC[C@@H]1NC(=O)[C@H](CCCCNC(=O)CCC(C(=O)O)N(CCN(CC(=O)O)CC(=O)O)CCN(CC(=O)O)CC(=O)O)NC(=O)[C@@H](Cc2ccccc2)NC(=O)[C@H](CC(=O)O)NC(=O)CNC1=O.[177Lu]. The summed E-state index contributed by atoms with van der Waals surface area (Å²) in [5.41, 5.74) is 11.4. The van der Waals surface area contributed by atoms with E-state index in [2.05, 4.69) is 36.9 Å². The van der Waals surface area contributed by atoms with Gasteiger partial charge in [-0.2, -0.15) is 0 Å². The van der Waals surface area contributed by atoms with Gasteiger partial charge in [-0.1, -0.05) is 30.3 Å². The number of carbonyl (C=O) groups excluding carboxylic acids is 6. The minimum atomic E-state index is -1.69. The van der Waals surface area contributed by atoms with E-state index in [-0.39, 0.29) is 127 Å². The van der Waals surface area contributed by atoms with Crippen LogP contribution < -0.4 is 43.4 Å². The second-order valence-electron chi connectivity index (χ2n) is 17.0. The van der Waals surface area contributed by atoms with Crippen LogP contribution in [0.25, 0.3) is 0 Å². The summed E-state index contributed by atoms with van der Waals surface area (Å²) in [5.74, 6) is -13.9. The molecule has 0 bridgehead atoms. The van der Waals surface area contributed by atoms with E-state index in [1.165, 1.54) is 4.90 Å². The predicted octanol–water partition coefficient (Wildman–Crippen LogP) is -5.41. The largest absolute Gasteiger partial charge is 0.481 e. The fraction of sp³-hybridized carbons (Fsp3) is 0.568. The number of aliphatic imine (C=N–C) groups is 1. The van der Waals surface area contributed by atoms with Gasteiger partial charge in [0, 0.05) is 89.0 Å². The van der Waals surface area contributed by atoms with E-state index < -0.39 is 147 Å². The molecular weight excluding hydrogens is 1160 g/mol. The number of benzene rings is 1. The summed E-state index contributed by atoms with van der Waals surface area (Å²) in [6.07, 6.45) is -1.59. The molecule has 0 saturated carbocycles. The molecule has 425 valence electrons. The Hall–Kier alpha value is -6.76. The zero-order chi connectivity index (χ0) is 55.3. The number of nitrogens with two attached hydrogens (primary N) is 2. The number of carboxylic acids is 6. The van der Waals surface area contributed by atoms with Gasteiger partial charge in [0.15, 0.2) is 5.96 Å². The molecule has 1 unspecified atom stereocenters. The van der Waals surface area contributed by atoms with Gasteiger partial charge in [0.1, 0.15) is 30.2 Å². The molecule has 30 nitrogen and oxygen atoms in total. The Labute approximate surface area is 458 Å². The van der Waals surface area contributed by atoms with Crippen molar-refractivity contribution in [1.82, 2.24) is 46.6 Å². The van der Waals surface area contributed by atoms with E-state index in [0.29, 0.717) is 5.56 Å². The molecule has 6 amide bonds. The number of unbranched alkanes of at least 4 members (excludes halogenated alkanes) is 1. The molecule has 0 aromatic heterocycles. The van der Waals surface area contributed by atoms with Crippen LogP contribution in [0.2, 0.25) is 0 Å². The zero-order valence-corrected chi connectivity index (χ0v) is 42.4. The molecule has 2 rings (SSSR count). The molecule has 5 atom stereocenters. The Kier molecular flexibility index (Phi) is 31.3. The molecule has 1 fully saturated rings. The van der Waals surface area contributed by atoms with Gasteiger partial charge >= 0.3 is 35.8 Å². The maximum atomic E-state index is 14.1. The van der Waals surface area contributed by atoms with Gasteiger partial charge in [0.2, 0.25) is 35.4 Å². The van der Waals surface area contributed by atoms with Crippen molar-refractivity contribution >= 4 is 77.2 Å². The van der Waals surface area contributed by atoms with Gasteiger partial charge in [-0.05, 0) is 44.1 Å². The number of carbonyl (C=O) groups is 12. The maximum absolute atomic E-state index is 14.1. The van der Waals surface area contributed by atoms with E-state index in [1.54, 1.807) is 30.3 Å². The number of amides is 6. The number of nitrogens with zero attached hydrogens (tertiary/aromatic N) is 4. The van der Waals surface area contributed by atoms with Crippen molar-refractivity contribution in [2.45, 2.75) is 88.0 Å². The molecule has 1 aromatic rings. The maximum Gasteiger partial charge on any atom is 0.320 e. The van der Waals surface area contributed by atoms with E-state index in [1.807, 2.05) is 0 Å². The van der Waals surface area contributed by atoms with Crippen LogP contribution in [0.5, 0.6) is 0 Å². The van der Waals surface area contributed by atoms with Crippen LogP contribution in [-0.4, -0.2) is 225 Å². The van der Waals surface area contributed by atoms with Crippen molar-refractivity contribution in [3.05, 3.63) is 35.9 Å². The Morgan fingerprint density at radius 3 is 1.63 bits per heavy atom. The van der Waals surface area contributed by atoms with Crippen LogP contribution in [-0.2, 0) is 64.0 Å². The van der Waals surface area contributed by atoms with E-state index in [4.69, 9.17) is 11.5 Å². The Morgan fingerprint density at radius 1 is 0.627 bits per heavy atom. The average Bonchev–Trinajstić information content (AvgIpc) is 3.30. The molecular formula is C44H66LuN12O18. The van der Waals surface area contributed by atoms with Crippen LogP contribution in [0.4, 0.5) is 0 Å². The molecule has 0 spiro atoms. The van der Waals surface area contributed by atoms with Gasteiger partial charge in [-0.3, -0.25) is 77.2 Å². The summed E-state index contributed by atoms with van der Waals surface area (Å²) in [6.45, 7) is -4.83. The number of carboxylic acid groups (broad SMARTS) is 6. The molecule has 1 saturated heterocycles. The van der Waals surface area contributed by atoms with Crippen LogP contribution in [0.1, 0.15) is 56.9 Å². The molecule has 1 aliphatic heterocycles. The van der Waals surface area contributed by atoms with Crippen molar-refractivity contribution in [3.63, 3.8) is 0 Å². The topological polar surface area (TPSA) is 473 Å². The van der Waals surface area contributed by atoms with E-state index in [0.717, 1.165) is 9.80 Å². The summed E-state index contributed by atoms with van der Waals surface area (Å²) in [5, 5.41) is 71.8. The van der Waals surface area contributed by atoms with Crippen LogP contribution >= 0.6 is 0 Å². The smallest absolute Gasteiger partial charge is 0.320 e. The quantitative estimate of drug-likeness (QED) is 0.0182. The van der Waals surface area contributed by atoms with Crippen molar-refractivity contribution in [1.29, 1.82) is 0 Å². The Morgan fingerprint density at radius 2 is 1.12 bits per heavy atom. The summed E-state index contributed by atoms with van der Waals surface area (Å²) < 4.78 is 0. The summed E-state index contributed by atoms with van der Waals surface area (Å²) in [4.78, 5) is 158. The molecule has 0 aliphatic carbocycles. The van der Waals surface area contributed by atoms with Crippen molar-refractivity contribution in [3.8, 4) is 0 Å². The monoisotopic (exact) mass is 1230 g/mol. The van der Waals surface area contributed by atoms with Gasteiger partial charge < -0.3 is 74.0 Å². The molecule has 1 heterocycles. The first-order valence-electron chi connectivity index (χ1n) is 23.3. The van der Waals surface area contributed by atoms with E-state index >= 15 is 0 Å².